The van der Waals surface area contributed by atoms with Crippen molar-refractivity contribution in [2.75, 3.05) is 64.2 Å². The third-order valence-corrected chi connectivity index (χ3v) is 6.31. The maximum absolute atomic E-state index is 12.8. The first-order valence-electron chi connectivity index (χ1n) is 11.2. The third-order valence-electron chi connectivity index (χ3n) is 6.05. The van der Waals surface area contributed by atoms with Gasteiger partial charge in [-0.2, -0.15) is 0 Å². The molecule has 2 fully saturated rings. The van der Waals surface area contributed by atoms with E-state index in [9.17, 15) is 14.4 Å². The molecule has 2 aliphatic heterocycles. The summed E-state index contributed by atoms with van der Waals surface area (Å²) in [6.45, 7) is 4.88. The minimum atomic E-state index is -0.144. The topological polar surface area (TPSA) is 76.2 Å². The number of urea groups is 1. The van der Waals surface area contributed by atoms with Gasteiger partial charge in [0.1, 0.15) is 0 Å². The van der Waals surface area contributed by atoms with Crippen LogP contribution in [0.25, 0.3) is 0 Å². The van der Waals surface area contributed by atoms with Crippen LogP contribution in [0.4, 0.5) is 10.5 Å². The lowest BCUT2D eigenvalue weighted by molar-refractivity contribution is -0.134. The van der Waals surface area contributed by atoms with Crippen LogP contribution in [0.5, 0.6) is 0 Å². The van der Waals surface area contributed by atoms with E-state index in [4.69, 9.17) is 11.6 Å². The van der Waals surface area contributed by atoms with Gasteiger partial charge in [-0.1, -0.05) is 29.8 Å². The Bertz CT molecular complexity index is 969. The maximum atomic E-state index is 12.8. The molecule has 174 valence electrons. The number of nitrogens with zero attached hydrogens (tertiary/aromatic N) is 4. The molecule has 0 spiro atoms. The molecule has 0 bridgehead atoms. The van der Waals surface area contributed by atoms with Gasteiger partial charge in [0.05, 0.1) is 6.54 Å². The second-order valence-corrected chi connectivity index (χ2v) is 8.68. The predicted molar refractivity (Wildman–Crippen MR) is 127 cm³/mol. The number of halogens is 1. The molecular weight excluding hydrogens is 442 g/mol. The molecule has 0 aliphatic carbocycles. The number of hydrogen-bond acceptors (Lipinski definition) is 4. The van der Waals surface area contributed by atoms with Gasteiger partial charge in [0, 0.05) is 68.6 Å². The summed E-state index contributed by atoms with van der Waals surface area (Å²) in [6, 6.07) is 16.1. The molecule has 2 aromatic carbocycles. The van der Waals surface area contributed by atoms with Crippen molar-refractivity contribution < 1.29 is 14.4 Å². The Labute approximate surface area is 198 Å². The molecular formula is C24H28ClN5O3. The summed E-state index contributed by atoms with van der Waals surface area (Å²) in [7, 11) is 0. The first-order valence-corrected chi connectivity index (χ1v) is 11.5. The highest BCUT2D eigenvalue weighted by Gasteiger charge is 2.27. The molecule has 2 heterocycles. The predicted octanol–water partition coefficient (Wildman–Crippen LogP) is 2.47. The fourth-order valence-corrected chi connectivity index (χ4v) is 4.18. The van der Waals surface area contributed by atoms with E-state index in [0.29, 0.717) is 69.5 Å². The number of nitrogens with one attached hydrogen (secondary N) is 1. The highest BCUT2D eigenvalue weighted by molar-refractivity contribution is 6.30. The molecule has 1 N–H and O–H groups in total. The molecule has 4 amide bonds. The Kier molecular flexibility index (Phi) is 7.47. The minimum Gasteiger partial charge on any atom is -0.338 e. The standard InChI is InChI=1S/C24H28ClN5O3/c25-20-8-6-19(7-9-20)23(32)29-12-10-27(11-13-29)18-22(31)28-14-16-30(17-15-28)24(33)26-21-4-2-1-3-5-21/h1-9H,10-18H2,(H,26,33). The molecule has 2 aliphatic rings. The first kappa shape index (κ1) is 23.1. The summed E-state index contributed by atoms with van der Waals surface area (Å²) < 4.78 is 0. The first-order chi connectivity index (χ1) is 16.0. The van der Waals surface area contributed by atoms with E-state index in [1.807, 2.05) is 40.1 Å². The average molecular weight is 470 g/mol. The highest BCUT2D eigenvalue weighted by Crippen LogP contribution is 2.14. The van der Waals surface area contributed by atoms with Crippen LogP contribution in [-0.4, -0.2) is 96.3 Å². The maximum Gasteiger partial charge on any atom is 0.321 e. The van der Waals surface area contributed by atoms with E-state index in [0.717, 1.165) is 5.69 Å². The Morgan fingerprint density at radius 1 is 0.727 bits per heavy atom. The second kappa shape index (κ2) is 10.7. The molecule has 9 heteroatoms. The average Bonchev–Trinajstić information content (AvgIpc) is 2.85. The number of carbonyl (C=O) groups is 3. The van der Waals surface area contributed by atoms with Gasteiger partial charge in [0.15, 0.2) is 0 Å². The van der Waals surface area contributed by atoms with Gasteiger partial charge in [-0.3, -0.25) is 14.5 Å². The van der Waals surface area contributed by atoms with Crippen LogP contribution >= 0.6 is 11.6 Å². The zero-order valence-corrected chi connectivity index (χ0v) is 19.2. The minimum absolute atomic E-state index is 0.0115. The van der Waals surface area contributed by atoms with Crippen molar-refractivity contribution in [1.29, 1.82) is 0 Å². The number of benzene rings is 2. The Morgan fingerprint density at radius 2 is 1.30 bits per heavy atom. The normalized spacial score (nSPS) is 17.1. The Hall–Kier alpha value is -3.10. The number of piperazine rings is 2. The van der Waals surface area contributed by atoms with Crippen LogP contribution in [0.3, 0.4) is 0 Å². The lowest BCUT2D eigenvalue weighted by Gasteiger charge is -2.38. The number of rotatable bonds is 4. The summed E-state index contributed by atoms with van der Waals surface area (Å²) in [5.74, 6) is 0.0538. The van der Waals surface area contributed by atoms with Gasteiger partial charge in [0.2, 0.25) is 5.91 Å². The molecule has 0 aromatic heterocycles. The van der Waals surface area contributed by atoms with Gasteiger partial charge in [-0.15, -0.1) is 0 Å². The van der Waals surface area contributed by atoms with Gasteiger partial charge in [-0.25, -0.2) is 4.79 Å². The largest absolute Gasteiger partial charge is 0.338 e. The van der Waals surface area contributed by atoms with Crippen LogP contribution in [0.2, 0.25) is 5.02 Å². The highest BCUT2D eigenvalue weighted by atomic mass is 35.5. The molecule has 8 nitrogen and oxygen atoms in total. The lowest BCUT2D eigenvalue weighted by Crippen LogP contribution is -2.55. The zero-order valence-electron chi connectivity index (χ0n) is 18.5. The monoisotopic (exact) mass is 469 g/mol. The second-order valence-electron chi connectivity index (χ2n) is 8.24. The van der Waals surface area contributed by atoms with E-state index in [-0.39, 0.29) is 17.8 Å². The summed E-state index contributed by atoms with van der Waals surface area (Å²) in [5.41, 5.74) is 1.38. The van der Waals surface area contributed by atoms with Crippen LogP contribution in [-0.2, 0) is 4.79 Å². The van der Waals surface area contributed by atoms with Crippen molar-refractivity contribution >= 4 is 35.1 Å². The van der Waals surface area contributed by atoms with Crippen LogP contribution < -0.4 is 5.32 Å². The Balaban J connectivity index is 1.19. The van der Waals surface area contributed by atoms with E-state index in [1.165, 1.54) is 0 Å². The van der Waals surface area contributed by atoms with Gasteiger partial charge >= 0.3 is 6.03 Å². The Morgan fingerprint density at radius 3 is 1.94 bits per heavy atom. The van der Waals surface area contributed by atoms with Crippen LogP contribution in [0.1, 0.15) is 10.4 Å². The molecule has 0 radical (unpaired) electrons. The number of amides is 4. The van der Waals surface area contributed by atoms with Crippen LogP contribution in [0, 0.1) is 0 Å². The smallest absolute Gasteiger partial charge is 0.321 e. The number of hydrogen-bond donors (Lipinski definition) is 1. The van der Waals surface area contributed by atoms with Crippen molar-refractivity contribution in [3.05, 3.63) is 65.2 Å². The summed E-state index contributed by atoms with van der Waals surface area (Å²) in [6.07, 6.45) is 0. The fraction of sp³-hybridized carbons (Fsp3) is 0.375. The van der Waals surface area contributed by atoms with E-state index < -0.39 is 0 Å². The van der Waals surface area contributed by atoms with Gasteiger partial charge in [-0.05, 0) is 36.4 Å². The summed E-state index contributed by atoms with van der Waals surface area (Å²) >= 11 is 5.90. The molecule has 0 atom stereocenters. The zero-order chi connectivity index (χ0) is 23.2. The van der Waals surface area contributed by atoms with Crippen molar-refractivity contribution in [2.45, 2.75) is 0 Å². The molecule has 4 rings (SSSR count). The van der Waals surface area contributed by atoms with Gasteiger partial charge < -0.3 is 20.0 Å². The van der Waals surface area contributed by atoms with E-state index in [2.05, 4.69) is 10.2 Å². The fourth-order valence-electron chi connectivity index (χ4n) is 4.06. The SMILES string of the molecule is O=C(CN1CCN(C(=O)c2ccc(Cl)cc2)CC1)N1CCN(C(=O)Nc2ccccc2)CC1. The molecule has 0 unspecified atom stereocenters. The quantitative estimate of drug-likeness (QED) is 0.746. The van der Waals surface area contributed by atoms with E-state index >= 15 is 0 Å². The molecule has 33 heavy (non-hydrogen) atoms. The van der Waals surface area contributed by atoms with Gasteiger partial charge in [0.25, 0.3) is 5.91 Å². The van der Waals surface area contributed by atoms with Crippen molar-refractivity contribution in [3.8, 4) is 0 Å². The summed E-state index contributed by atoms with van der Waals surface area (Å²) in [4.78, 5) is 45.3. The molecule has 2 saturated heterocycles. The van der Waals surface area contributed by atoms with Crippen molar-refractivity contribution in [1.82, 2.24) is 19.6 Å². The van der Waals surface area contributed by atoms with Crippen molar-refractivity contribution in [2.24, 2.45) is 0 Å². The molecule has 2 aromatic rings. The number of para-hydroxylation sites is 1. The summed E-state index contributed by atoms with van der Waals surface area (Å²) in [5, 5.41) is 3.49. The number of anilines is 1. The van der Waals surface area contributed by atoms with E-state index in [1.54, 1.807) is 29.2 Å². The van der Waals surface area contributed by atoms with Crippen LogP contribution in [0.15, 0.2) is 54.6 Å². The van der Waals surface area contributed by atoms with Crippen molar-refractivity contribution in [3.63, 3.8) is 0 Å². The third kappa shape index (κ3) is 6.03. The number of carbonyl (C=O) groups excluding carboxylic acids is 3. The molecule has 0 saturated carbocycles. The lowest BCUT2D eigenvalue weighted by atomic mass is 10.2.